The van der Waals surface area contributed by atoms with Crippen LogP contribution in [0.5, 0.6) is 0 Å². The second kappa shape index (κ2) is 9.17. The first kappa shape index (κ1) is 18.9. The number of benzene rings is 2. The van der Waals surface area contributed by atoms with E-state index in [9.17, 15) is 0 Å². The normalized spacial score (nSPS) is 11.8. The van der Waals surface area contributed by atoms with Gasteiger partial charge in [0.1, 0.15) is 0 Å². The topological polar surface area (TPSA) is 15.3 Å². The summed E-state index contributed by atoms with van der Waals surface area (Å²) in [4.78, 5) is 3.61. The number of nitrogens with zero attached hydrogens (tertiary/aromatic N) is 1. The molecule has 1 atom stereocenters. The van der Waals surface area contributed by atoms with Crippen molar-refractivity contribution in [1.29, 1.82) is 0 Å². The summed E-state index contributed by atoms with van der Waals surface area (Å²) in [5.41, 5.74) is 2.19. The van der Waals surface area contributed by atoms with E-state index in [2.05, 4.69) is 58.9 Å². The van der Waals surface area contributed by atoms with Crippen LogP contribution in [0, 0.1) is 0 Å². The largest absolute Gasteiger partial charge is 0.342 e. The number of hydrogen-bond acceptors (Lipinski definition) is 2. The van der Waals surface area contributed by atoms with E-state index in [-0.39, 0.29) is 6.04 Å². The fourth-order valence-electron chi connectivity index (χ4n) is 2.77. The third kappa shape index (κ3) is 5.31. The lowest BCUT2D eigenvalue weighted by Gasteiger charge is -2.32. The second-order valence-corrected chi connectivity index (χ2v) is 8.04. The number of nitrogens with one attached hydrogen (secondary N) is 1. The molecule has 0 bridgehead atoms. The Hall–Kier alpha value is -1.88. The van der Waals surface area contributed by atoms with Gasteiger partial charge in [-0.2, -0.15) is 0 Å². The standard InChI is InChI=1S/C21H21ClN2S2/c1-16(14-20-8-5-13-26-20)24(15-17-6-3-2-4-7-17)21(25)23-19-11-9-18(22)10-12-19/h2-13,16H,14-15H2,1H3,(H,23,25)/t16-/m0/s1. The van der Waals surface area contributed by atoms with Crippen LogP contribution < -0.4 is 5.32 Å². The summed E-state index contributed by atoms with van der Waals surface area (Å²) in [6, 6.07) is 22.6. The van der Waals surface area contributed by atoms with E-state index in [0.717, 1.165) is 23.8 Å². The maximum absolute atomic E-state index is 5.98. The van der Waals surface area contributed by atoms with Crippen LogP contribution in [0.15, 0.2) is 72.1 Å². The third-order valence-corrected chi connectivity index (χ3v) is 5.65. The molecule has 134 valence electrons. The first-order valence-corrected chi connectivity index (χ1v) is 10.2. The molecule has 1 aromatic heterocycles. The van der Waals surface area contributed by atoms with E-state index < -0.39 is 0 Å². The first-order chi connectivity index (χ1) is 12.6. The van der Waals surface area contributed by atoms with Crippen LogP contribution in [0.1, 0.15) is 17.4 Å². The Balaban J connectivity index is 1.76. The van der Waals surface area contributed by atoms with Crippen LogP contribution in [0.4, 0.5) is 5.69 Å². The molecule has 0 saturated heterocycles. The van der Waals surface area contributed by atoms with Gasteiger partial charge in [-0.15, -0.1) is 11.3 Å². The van der Waals surface area contributed by atoms with Crippen LogP contribution in [0.2, 0.25) is 5.02 Å². The minimum Gasteiger partial charge on any atom is -0.342 e. The number of anilines is 1. The molecule has 26 heavy (non-hydrogen) atoms. The number of rotatable bonds is 6. The smallest absolute Gasteiger partial charge is 0.173 e. The van der Waals surface area contributed by atoms with Crippen LogP contribution in [0.3, 0.4) is 0 Å². The Bertz CT molecular complexity index is 817. The predicted octanol–water partition coefficient (Wildman–Crippen LogP) is 6.23. The fourth-order valence-corrected chi connectivity index (χ4v) is 4.08. The van der Waals surface area contributed by atoms with Gasteiger partial charge in [0.2, 0.25) is 0 Å². The second-order valence-electron chi connectivity index (χ2n) is 6.18. The zero-order valence-corrected chi connectivity index (χ0v) is 17.0. The van der Waals surface area contributed by atoms with Gasteiger partial charge in [-0.05, 0) is 60.4 Å². The van der Waals surface area contributed by atoms with Gasteiger partial charge in [0.05, 0.1) is 0 Å². The number of halogens is 1. The molecule has 0 fully saturated rings. The highest BCUT2D eigenvalue weighted by molar-refractivity contribution is 7.80. The van der Waals surface area contributed by atoms with E-state index in [1.165, 1.54) is 10.4 Å². The first-order valence-electron chi connectivity index (χ1n) is 8.51. The third-order valence-electron chi connectivity index (χ3n) is 4.16. The van der Waals surface area contributed by atoms with E-state index >= 15 is 0 Å². The molecule has 0 saturated carbocycles. The quantitative estimate of drug-likeness (QED) is 0.493. The summed E-state index contributed by atoms with van der Waals surface area (Å²) in [5, 5.41) is 6.91. The van der Waals surface area contributed by atoms with Gasteiger partial charge in [0.15, 0.2) is 5.11 Å². The minimum absolute atomic E-state index is 0.279. The maximum Gasteiger partial charge on any atom is 0.173 e. The van der Waals surface area contributed by atoms with Crippen molar-refractivity contribution in [2.24, 2.45) is 0 Å². The van der Waals surface area contributed by atoms with Crippen LogP contribution >= 0.6 is 35.2 Å². The molecule has 1 N–H and O–H groups in total. The molecule has 0 spiro atoms. The van der Waals surface area contributed by atoms with Crippen molar-refractivity contribution in [3.8, 4) is 0 Å². The number of thiocarbonyl (C=S) groups is 1. The van der Waals surface area contributed by atoms with Gasteiger partial charge >= 0.3 is 0 Å². The van der Waals surface area contributed by atoms with Crippen LogP contribution in [-0.4, -0.2) is 16.1 Å². The van der Waals surface area contributed by atoms with Crippen molar-refractivity contribution in [1.82, 2.24) is 4.90 Å². The highest BCUT2D eigenvalue weighted by Gasteiger charge is 2.18. The highest BCUT2D eigenvalue weighted by Crippen LogP contribution is 2.19. The average molecular weight is 401 g/mol. The molecule has 0 aliphatic carbocycles. The van der Waals surface area contributed by atoms with Crippen molar-refractivity contribution < 1.29 is 0 Å². The molecular formula is C21H21ClN2S2. The zero-order chi connectivity index (χ0) is 18.4. The van der Waals surface area contributed by atoms with Crippen LogP contribution in [-0.2, 0) is 13.0 Å². The van der Waals surface area contributed by atoms with Crippen molar-refractivity contribution in [3.05, 3.63) is 87.6 Å². The Labute approximate surface area is 169 Å². The molecule has 3 rings (SSSR count). The van der Waals surface area contributed by atoms with E-state index in [1.807, 2.05) is 30.3 Å². The van der Waals surface area contributed by atoms with Crippen molar-refractivity contribution in [3.63, 3.8) is 0 Å². The van der Waals surface area contributed by atoms with E-state index in [1.54, 1.807) is 11.3 Å². The molecule has 0 radical (unpaired) electrons. The summed E-state index contributed by atoms with van der Waals surface area (Å²) in [5.74, 6) is 0. The number of hydrogen-bond donors (Lipinski definition) is 1. The van der Waals surface area contributed by atoms with Crippen molar-refractivity contribution in [2.45, 2.75) is 25.9 Å². The monoisotopic (exact) mass is 400 g/mol. The summed E-state index contributed by atoms with van der Waals surface area (Å²) in [6.45, 7) is 2.99. The molecule has 2 aromatic carbocycles. The molecule has 5 heteroatoms. The van der Waals surface area contributed by atoms with Crippen molar-refractivity contribution >= 4 is 46.0 Å². The lowest BCUT2D eigenvalue weighted by atomic mass is 10.1. The van der Waals surface area contributed by atoms with Gasteiger partial charge in [0, 0.05) is 34.6 Å². The molecule has 2 nitrogen and oxygen atoms in total. The molecule has 1 heterocycles. The van der Waals surface area contributed by atoms with Gasteiger partial charge < -0.3 is 10.2 Å². The Kier molecular flexibility index (Phi) is 6.67. The molecule has 0 aliphatic rings. The minimum atomic E-state index is 0.279. The molecule has 0 amide bonds. The SMILES string of the molecule is C[C@@H](Cc1cccs1)N(Cc1ccccc1)C(=S)Nc1ccc(Cl)cc1. The van der Waals surface area contributed by atoms with E-state index in [0.29, 0.717) is 5.02 Å². The number of thiophene rings is 1. The Morgan fingerprint density at radius 2 is 1.81 bits per heavy atom. The van der Waals surface area contributed by atoms with Crippen molar-refractivity contribution in [2.75, 3.05) is 5.32 Å². The predicted molar refractivity (Wildman–Crippen MR) is 117 cm³/mol. The van der Waals surface area contributed by atoms with Gasteiger partial charge in [-0.25, -0.2) is 0 Å². The maximum atomic E-state index is 5.98. The molecular weight excluding hydrogens is 380 g/mol. The fraction of sp³-hybridized carbons (Fsp3) is 0.190. The summed E-state index contributed by atoms with van der Waals surface area (Å²) < 4.78 is 0. The van der Waals surface area contributed by atoms with Gasteiger partial charge in [0.25, 0.3) is 0 Å². The lowest BCUT2D eigenvalue weighted by Crippen LogP contribution is -2.41. The Morgan fingerprint density at radius 3 is 2.46 bits per heavy atom. The van der Waals surface area contributed by atoms with E-state index in [4.69, 9.17) is 23.8 Å². The molecule has 3 aromatic rings. The van der Waals surface area contributed by atoms with Crippen LogP contribution in [0.25, 0.3) is 0 Å². The zero-order valence-electron chi connectivity index (χ0n) is 14.6. The summed E-state index contributed by atoms with van der Waals surface area (Å²) >= 11 is 13.5. The summed E-state index contributed by atoms with van der Waals surface area (Å²) in [7, 11) is 0. The highest BCUT2D eigenvalue weighted by atomic mass is 35.5. The van der Waals surface area contributed by atoms with Gasteiger partial charge in [-0.3, -0.25) is 0 Å². The summed E-state index contributed by atoms with van der Waals surface area (Å²) in [6.07, 6.45) is 0.965. The molecule has 0 unspecified atom stereocenters. The lowest BCUT2D eigenvalue weighted by molar-refractivity contribution is 0.326. The molecule has 0 aliphatic heterocycles. The van der Waals surface area contributed by atoms with Gasteiger partial charge in [-0.1, -0.05) is 48.0 Å². The Morgan fingerprint density at radius 1 is 1.08 bits per heavy atom. The average Bonchev–Trinajstić information content (AvgIpc) is 3.15.